The fourth-order valence-electron chi connectivity index (χ4n) is 1.75. The lowest BCUT2D eigenvalue weighted by Gasteiger charge is -2.28. The molecule has 0 heterocycles. The molecule has 0 amide bonds. The first-order chi connectivity index (χ1) is 6.45. The summed E-state index contributed by atoms with van der Waals surface area (Å²) in [6.45, 7) is 15.1. The summed E-state index contributed by atoms with van der Waals surface area (Å²) in [7, 11) is 0. The quantitative estimate of drug-likeness (QED) is 0.641. The molecule has 0 saturated carbocycles. The highest BCUT2D eigenvalue weighted by atomic mass is 32.1. The van der Waals surface area contributed by atoms with Crippen LogP contribution in [0.25, 0.3) is 0 Å². The predicted molar refractivity (Wildman–Crippen MR) is 69.1 cm³/mol. The summed E-state index contributed by atoms with van der Waals surface area (Å²) >= 11 is 4.34. The van der Waals surface area contributed by atoms with E-state index in [1.165, 1.54) is 19.6 Å². The lowest BCUT2D eigenvalue weighted by atomic mass is 10.1. The molecule has 1 unspecified atom stereocenters. The lowest BCUT2D eigenvalue weighted by molar-refractivity contribution is 0.199. The van der Waals surface area contributed by atoms with Crippen LogP contribution in [0, 0.1) is 17.8 Å². The summed E-state index contributed by atoms with van der Waals surface area (Å²) in [5.74, 6) is 3.23. The molecule has 1 atom stereocenters. The molecule has 0 radical (unpaired) electrons. The van der Waals surface area contributed by atoms with Gasteiger partial charge in [0.05, 0.1) is 0 Å². The third kappa shape index (κ3) is 7.69. The Morgan fingerprint density at radius 1 is 0.857 bits per heavy atom. The van der Waals surface area contributed by atoms with Gasteiger partial charge in [0.25, 0.3) is 0 Å². The minimum absolute atomic E-state index is 0.704. The van der Waals surface area contributed by atoms with Crippen molar-refractivity contribution in [3.05, 3.63) is 0 Å². The van der Waals surface area contributed by atoms with Gasteiger partial charge in [0.15, 0.2) is 0 Å². The maximum atomic E-state index is 4.34. The lowest BCUT2D eigenvalue weighted by Crippen LogP contribution is -2.35. The van der Waals surface area contributed by atoms with Crippen molar-refractivity contribution < 1.29 is 0 Å². The first-order valence-corrected chi connectivity index (χ1v) is 6.42. The number of hydrogen-bond donors (Lipinski definition) is 1. The summed E-state index contributed by atoms with van der Waals surface area (Å²) in [6, 6.07) is 0. The van der Waals surface area contributed by atoms with E-state index in [0.717, 1.165) is 17.6 Å². The predicted octanol–water partition coefficient (Wildman–Crippen LogP) is 3.17. The zero-order chi connectivity index (χ0) is 11.1. The van der Waals surface area contributed by atoms with Crippen molar-refractivity contribution in [3.8, 4) is 0 Å². The second-order valence-electron chi connectivity index (χ2n) is 5.29. The minimum atomic E-state index is 0.704. The Bertz CT molecular complexity index is 124. The van der Waals surface area contributed by atoms with E-state index in [0.29, 0.717) is 5.92 Å². The van der Waals surface area contributed by atoms with Gasteiger partial charge in [-0.1, -0.05) is 34.6 Å². The van der Waals surface area contributed by atoms with Gasteiger partial charge in [-0.2, -0.15) is 12.6 Å². The molecule has 0 bridgehead atoms. The van der Waals surface area contributed by atoms with Gasteiger partial charge in [-0.3, -0.25) is 0 Å². The van der Waals surface area contributed by atoms with E-state index in [1.807, 2.05) is 0 Å². The number of rotatable bonds is 7. The molecule has 0 N–H and O–H groups in total. The summed E-state index contributed by atoms with van der Waals surface area (Å²) in [5, 5.41) is 0. The Morgan fingerprint density at radius 2 is 1.29 bits per heavy atom. The Morgan fingerprint density at radius 3 is 1.57 bits per heavy atom. The van der Waals surface area contributed by atoms with Crippen LogP contribution < -0.4 is 0 Å². The van der Waals surface area contributed by atoms with Gasteiger partial charge in [-0.25, -0.2) is 0 Å². The average molecular weight is 217 g/mol. The summed E-state index contributed by atoms with van der Waals surface area (Å²) < 4.78 is 0. The second-order valence-corrected chi connectivity index (χ2v) is 5.66. The van der Waals surface area contributed by atoms with Crippen molar-refractivity contribution in [1.82, 2.24) is 4.90 Å². The molecule has 0 aliphatic carbocycles. The monoisotopic (exact) mass is 217 g/mol. The molecule has 0 saturated heterocycles. The minimum Gasteiger partial charge on any atom is -0.303 e. The van der Waals surface area contributed by atoms with E-state index in [4.69, 9.17) is 0 Å². The highest BCUT2D eigenvalue weighted by Crippen LogP contribution is 2.08. The van der Waals surface area contributed by atoms with Crippen molar-refractivity contribution in [2.45, 2.75) is 34.6 Å². The van der Waals surface area contributed by atoms with Crippen LogP contribution in [0.15, 0.2) is 0 Å². The molecule has 0 rings (SSSR count). The normalized spacial score (nSPS) is 14.4. The van der Waals surface area contributed by atoms with E-state index in [-0.39, 0.29) is 0 Å². The maximum Gasteiger partial charge on any atom is 0.00150 e. The largest absolute Gasteiger partial charge is 0.303 e. The maximum absolute atomic E-state index is 4.34. The molecular weight excluding hydrogens is 190 g/mol. The molecule has 14 heavy (non-hydrogen) atoms. The van der Waals surface area contributed by atoms with Gasteiger partial charge in [0.2, 0.25) is 0 Å². The van der Waals surface area contributed by atoms with Gasteiger partial charge in [0, 0.05) is 19.6 Å². The van der Waals surface area contributed by atoms with Gasteiger partial charge in [-0.05, 0) is 23.5 Å². The topological polar surface area (TPSA) is 3.24 Å². The van der Waals surface area contributed by atoms with Gasteiger partial charge >= 0.3 is 0 Å². The van der Waals surface area contributed by atoms with Crippen molar-refractivity contribution in [1.29, 1.82) is 0 Å². The third-order valence-electron chi connectivity index (χ3n) is 2.13. The van der Waals surface area contributed by atoms with Crippen LogP contribution >= 0.6 is 12.6 Å². The number of hydrogen-bond acceptors (Lipinski definition) is 2. The van der Waals surface area contributed by atoms with Gasteiger partial charge in [0.1, 0.15) is 0 Å². The average Bonchev–Trinajstić information content (AvgIpc) is 2.01. The zero-order valence-electron chi connectivity index (χ0n) is 10.5. The molecule has 0 aromatic heterocycles. The third-order valence-corrected chi connectivity index (χ3v) is 2.75. The molecule has 0 aliphatic heterocycles. The van der Waals surface area contributed by atoms with Crippen LogP contribution in [0.5, 0.6) is 0 Å². The van der Waals surface area contributed by atoms with Crippen LogP contribution in [0.2, 0.25) is 0 Å². The van der Waals surface area contributed by atoms with Crippen molar-refractivity contribution >= 4 is 12.6 Å². The van der Waals surface area contributed by atoms with Gasteiger partial charge < -0.3 is 4.90 Å². The van der Waals surface area contributed by atoms with E-state index in [9.17, 15) is 0 Å². The smallest absolute Gasteiger partial charge is 0.00150 e. The van der Waals surface area contributed by atoms with E-state index < -0.39 is 0 Å². The van der Waals surface area contributed by atoms with Crippen molar-refractivity contribution in [2.24, 2.45) is 17.8 Å². The van der Waals surface area contributed by atoms with Crippen molar-refractivity contribution in [3.63, 3.8) is 0 Å². The second kappa shape index (κ2) is 7.58. The van der Waals surface area contributed by atoms with Gasteiger partial charge in [-0.15, -0.1) is 0 Å². The van der Waals surface area contributed by atoms with E-state index >= 15 is 0 Å². The van der Waals surface area contributed by atoms with Crippen LogP contribution in [0.4, 0.5) is 0 Å². The molecular formula is C12H27NS. The Kier molecular flexibility index (Phi) is 7.75. The molecule has 1 nitrogen and oxygen atoms in total. The highest BCUT2D eigenvalue weighted by Gasteiger charge is 2.12. The molecule has 0 spiro atoms. The summed E-state index contributed by atoms with van der Waals surface area (Å²) in [4.78, 5) is 2.58. The molecule has 0 aliphatic rings. The first-order valence-electron chi connectivity index (χ1n) is 5.78. The Hall–Kier alpha value is 0.310. The fourth-order valence-corrected chi connectivity index (χ4v) is 1.87. The molecule has 0 aromatic rings. The van der Waals surface area contributed by atoms with Crippen LogP contribution in [0.1, 0.15) is 34.6 Å². The van der Waals surface area contributed by atoms with Crippen molar-refractivity contribution in [2.75, 3.05) is 25.4 Å². The number of thiol groups is 1. The van der Waals surface area contributed by atoms with Crippen LogP contribution in [0.3, 0.4) is 0 Å². The Balaban J connectivity index is 3.96. The highest BCUT2D eigenvalue weighted by molar-refractivity contribution is 7.80. The zero-order valence-corrected chi connectivity index (χ0v) is 11.3. The molecule has 2 heteroatoms. The number of nitrogens with zero attached hydrogens (tertiary/aromatic N) is 1. The standard InChI is InChI=1S/C12H27NS/c1-10(2)6-13(7-11(3)4)8-12(5)9-14/h10-12,14H,6-9H2,1-5H3. The molecule has 0 fully saturated rings. The van der Waals surface area contributed by atoms with Crippen LogP contribution in [-0.4, -0.2) is 30.3 Å². The van der Waals surface area contributed by atoms with E-state index in [1.54, 1.807) is 0 Å². The first kappa shape index (κ1) is 14.3. The fraction of sp³-hybridized carbons (Fsp3) is 1.00. The summed E-state index contributed by atoms with van der Waals surface area (Å²) in [6.07, 6.45) is 0. The summed E-state index contributed by atoms with van der Waals surface area (Å²) in [5.41, 5.74) is 0. The molecule has 0 aromatic carbocycles. The Labute approximate surface area is 95.7 Å². The van der Waals surface area contributed by atoms with E-state index in [2.05, 4.69) is 52.1 Å². The molecule has 86 valence electrons. The van der Waals surface area contributed by atoms with Crippen LogP contribution in [-0.2, 0) is 0 Å². The SMILES string of the molecule is CC(C)CN(CC(C)C)CC(C)CS.